The van der Waals surface area contributed by atoms with E-state index in [1.807, 2.05) is 30.3 Å². The van der Waals surface area contributed by atoms with Crippen LogP contribution in [-0.2, 0) is 0 Å². The highest BCUT2D eigenvalue weighted by atomic mass is 16.2. The third-order valence-electron chi connectivity index (χ3n) is 3.95. The first-order valence-corrected chi connectivity index (χ1v) is 7.66. The predicted octanol–water partition coefficient (Wildman–Crippen LogP) is 3.90. The summed E-state index contributed by atoms with van der Waals surface area (Å²) >= 11 is 0. The number of hydrogen-bond donors (Lipinski definition) is 3. The van der Waals surface area contributed by atoms with Crippen LogP contribution in [0.4, 0.5) is 10.5 Å². The Balaban J connectivity index is 1.90. The van der Waals surface area contributed by atoms with Gasteiger partial charge in [-0.3, -0.25) is 5.43 Å². The first-order valence-electron chi connectivity index (χ1n) is 7.66. The molecule has 1 aromatic carbocycles. The van der Waals surface area contributed by atoms with Crippen LogP contribution in [0.5, 0.6) is 0 Å². The van der Waals surface area contributed by atoms with Crippen LogP contribution in [0.3, 0.4) is 0 Å². The monoisotopic (exact) mass is 287 g/mol. The van der Waals surface area contributed by atoms with Gasteiger partial charge in [0.15, 0.2) is 0 Å². The minimum Gasteiger partial charge on any atom is -0.307 e. The molecule has 2 amide bonds. The first kappa shape index (κ1) is 15.4. The van der Waals surface area contributed by atoms with Gasteiger partial charge in [-0.1, -0.05) is 45.0 Å². The van der Waals surface area contributed by atoms with Crippen molar-refractivity contribution in [3.05, 3.63) is 42.1 Å². The number of carbonyl (C=O) groups excluding carboxylic acids is 1. The van der Waals surface area contributed by atoms with Crippen LogP contribution in [-0.4, -0.2) is 6.03 Å². The normalized spacial score (nSPS) is 21.6. The molecule has 1 aromatic rings. The third-order valence-corrected chi connectivity index (χ3v) is 3.95. The first-order chi connectivity index (χ1) is 10.1. The van der Waals surface area contributed by atoms with Crippen LogP contribution in [0.1, 0.15) is 33.6 Å². The Morgan fingerprint density at radius 1 is 1.19 bits per heavy atom. The van der Waals surface area contributed by atoms with Gasteiger partial charge in [-0.15, -0.1) is 0 Å². The minimum atomic E-state index is -0.247. The third kappa shape index (κ3) is 4.52. The Morgan fingerprint density at radius 3 is 2.57 bits per heavy atom. The lowest BCUT2D eigenvalue weighted by Gasteiger charge is -2.30. The fourth-order valence-electron chi connectivity index (χ4n) is 2.75. The molecule has 0 heterocycles. The van der Waals surface area contributed by atoms with E-state index in [2.05, 4.69) is 43.0 Å². The van der Waals surface area contributed by atoms with E-state index in [1.54, 1.807) is 0 Å². The second-order valence-corrected chi connectivity index (χ2v) is 6.10. The van der Waals surface area contributed by atoms with Gasteiger partial charge in [-0.25, -0.2) is 4.79 Å². The summed E-state index contributed by atoms with van der Waals surface area (Å²) < 4.78 is 0. The van der Waals surface area contributed by atoms with Crippen molar-refractivity contribution in [3.8, 4) is 0 Å². The second-order valence-electron chi connectivity index (χ2n) is 6.10. The predicted molar refractivity (Wildman–Crippen MR) is 86.5 cm³/mol. The van der Waals surface area contributed by atoms with Crippen molar-refractivity contribution < 1.29 is 4.79 Å². The number of benzene rings is 1. The van der Waals surface area contributed by atoms with Crippen molar-refractivity contribution in [2.75, 3.05) is 5.32 Å². The molecule has 4 heteroatoms. The highest BCUT2D eigenvalue weighted by molar-refractivity contribution is 5.88. The summed E-state index contributed by atoms with van der Waals surface area (Å²) in [6.45, 7) is 6.66. The number of hydrazine groups is 1. The van der Waals surface area contributed by atoms with Gasteiger partial charge >= 0.3 is 6.03 Å². The summed E-state index contributed by atoms with van der Waals surface area (Å²) in [5.74, 6) is 1.61. The summed E-state index contributed by atoms with van der Waals surface area (Å²) in [7, 11) is 0. The number of amides is 2. The van der Waals surface area contributed by atoms with Crippen molar-refractivity contribution in [3.63, 3.8) is 0 Å². The fraction of sp³-hybridized carbons (Fsp3) is 0.471. The lowest BCUT2D eigenvalue weighted by atomic mass is 9.80. The summed E-state index contributed by atoms with van der Waals surface area (Å²) in [5.41, 5.74) is 7.75. The van der Waals surface area contributed by atoms with E-state index in [1.165, 1.54) is 12.8 Å². The summed E-state index contributed by atoms with van der Waals surface area (Å²) in [4.78, 5) is 11.9. The zero-order valence-electron chi connectivity index (χ0n) is 13.0. The maximum absolute atomic E-state index is 11.9. The number of para-hydroxylation sites is 1. The van der Waals surface area contributed by atoms with Gasteiger partial charge in [-0.05, 0) is 36.8 Å². The molecule has 0 aliphatic heterocycles. The summed E-state index contributed by atoms with van der Waals surface area (Å²) in [6, 6.07) is 9.18. The number of carbonyl (C=O) groups is 1. The van der Waals surface area contributed by atoms with E-state index >= 15 is 0 Å². The van der Waals surface area contributed by atoms with Crippen LogP contribution in [0, 0.1) is 17.8 Å². The average molecular weight is 287 g/mol. The van der Waals surface area contributed by atoms with Crippen molar-refractivity contribution in [1.82, 2.24) is 10.9 Å². The molecule has 2 rings (SSSR count). The maximum Gasteiger partial charge on any atom is 0.337 e. The van der Waals surface area contributed by atoms with E-state index < -0.39 is 0 Å². The molecule has 0 unspecified atom stereocenters. The molecule has 0 radical (unpaired) electrons. The molecule has 0 spiro atoms. The fourth-order valence-corrected chi connectivity index (χ4v) is 2.75. The van der Waals surface area contributed by atoms with Crippen molar-refractivity contribution in [2.24, 2.45) is 17.8 Å². The highest BCUT2D eigenvalue weighted by Gasteiger charge is 2.24. The second kappa shape index (κ2) is 7.16. The Kier molecular flexibility index (Phi) is 5.26. The lowest BCUT2D eigenvalue weighted by Crippen LogP contribution is -2.43. The van der Waals surface area contributed by atoms with Gasteiger partial charge in [0.2, 0.25) is 0 Å². The molecule has 2 atom stereocenters. The Hall–Kier alpha value is -1.97. The van der Waals surface area contributed by atoms with Crippen molar-refractivity contribution in [2.45, 2.75) is 33.6 Å². The van der Waals surface area contributed by atoms with Crippen LogP contribution in [0.15, 0.2) is 42.1 Å². The number of urea groups is 1. The van der Waals surface area contributed by atoms with E-state index in [0.29, 0.717) is 17.8 Å². The van der Waals surface area contributed by atoms with Crippen LogP contribution >= 0.6 is 0 Å². The molecule has 21 heavy (non-hydrogen) atoms. The van der Waals surface area contributed by atoms with Gasteiger partial charge in [-0.2, -0.15) is 0 Å². The molecule has 0 fully saturated rings. The van der Waals surface area contributed by atoms with Gasteiger partial charge in [0.25, 0.3) is 0 Å². The molecule has 1 aliphatic carbocycles. The van der Waals surface area contributed by atoms with Crippen LogP contribution in [0.25, 0.3) is 0 Å². The Bertz CT molecular complexity index is 496. The maximum atomic E-state index is 11.9. The standard InChI is InChI=1S/C17H25N3O/c1-12(2)15-10-9-13(3)11-16(15)19-20-17(21)18-14-7-5-4-6-8-14/h4-8,11-13,15,19H,9-10H2,1-3H3,(H2,18,20,21)/t13-,15-/m1/s1. The molecular formula is C17H25N3O. The largest absolute Gasteiger partial charge is 0.337 e. The number of nitrogens with one attached hydrogen (secondary N) is 3. The molecular weight excluding hydrogens is 262 g/mol. The van der Waals surface area contributed by atoms with Gasteiger partial charge in [0.05, 0.1) is 0 Å². The number of anilines is 1. The summed E-state index contributed by atoms with van der Waals surface area (Å²) in [5, 5.41) is 2.80. The van der Waals surface area contributed by atoms with Crippen LogP contribution < -0.4 is 16.2 Å². The molecule has 4 nitrogen and oxygen atoms in total. The van der Waals surface area contributed by atoms with Gasteiger partial charge < -0.3 is 10.7 Å². The van der Waals surface area contributed by atoms with E-state index in [-0.39, 0.29) is 6.03 Å². The number of allylic oxidation sites excluding steroid dienone is 2. The zero-order chi connectivity index (χ0) is 15.2. The number of hydrogen-bond acceptors (Lipinski definition) is 2. The molecule has 3 N–H and O–H groups in total. The smallest absolute Gasteiger partial charge is 0.307 e. The van der Waals surface area contributed by atoms with E-state index in [4.69, 9.17) is 0 Å². The molecule has 1 aliphatic rings. The Labute approximate surface area is 127 Å². The highest BCUT2D eigenvalue weighted by Crippen LogP contribution is 2.31. The lowest BCUT2D eigenvalue weighted by molar-refractivity contribution is 0.246. The number of rotatable bonds is 4. The molecule has 0 saturated carbocycles. The SMILES string of the molecule is CC(C)[C@H]1CC[C@@H](C)C=C1NNC(=O)Nc1ccccc1. The van der Waals surface area contributed by atoms with Crippen LogP contribution in [0.2, 0.25) is 0 Å². The quantitative estimate of drug-likeness (QED) is 0.736. The average Bonchev–Trinajstić information content (AvgIpc) is 2.46. The van der Waals surface area contributed by atoms with Gasteiger partial charge in [0, 0.05) is 17.3 Å². The molecule has 114 valence electrons. The van der Waals surface area contributed by atoms with Gasteiger partial charge in [0.1, 0.15) is 0 Å². The topological polar surface area (TPSA) is 53.2 Å². The molecule has 0 aromatic heterocycles. The van der Waals surface area contributed by atoms with E-state index in [9.17, 15) is 4.79 Å². The zero-order valence-corrected chi connectivity index (χ0v) is 13.0. The molecule has 0 saturated heterocycles. The van der Waals surface area contributed by atoms with Crippen molar-refractivity contribution >= 4 is 11.7 Å². The Morgan fingerprint density at radius 2 is 1.90 bits per heavy atom. The van der Waals surface area contributed by atoms with E-state index in [0.717, 1.165) is 11.4 Å². The minimum absolute atomic E-state index is 0.247. The van der Waals surface area contributed by atoms with Crippen molar-refractivity contribution in [1.29, 1.82) is 0 Å². The molecule has 0 bridgehead atoms. The summed E-state index contributed by atoms with van der Waals surface area (Å²) in [6.07, 6.45) is 4.61.